The van der Waals surface area contributed by atoms with Gasteiger partial charge in [-0.1, -0.05) is 34.1 Å². The highest BCUT2D eigenvalue weighted by Gasteiger charge is 2.42. The third-order valence-electron chi connectivity index (χ3n) is 5.24. The van der Waals surface area contributed by atoms with Gasteiger partial charge in [-0.3, -0.25) is 0 Å². The lowest BCUT2D eigenvalue weighted by molar-refractivity contribution is 0.101. The van der Waals surface area contributed by atoms with Crippen LogP contribution in [0.15, 0.2) is 0 Å². The maximum Gasteiger partial charge on any atom is 0.0616 e. The molecule has 0 aliphatic heterocycles. The molecule has 0 aromatic heterocycles. The van der Waals surface area contributed by atoms with E-state index in [-0.39, 0.29) is 5.54 Å². The molecule has 2 aliphatic carbocycles. The van der Waals surface area contributed by atoms with E-state index in [2.05, 4.69) is 37.9 Å². The van der Waals surface area contributed by atoms with Crippen LogP contribution in [0.5, 0.6) is 0 Å². The molecule has 124 valence electrons. The van der Waals surface area contributed by atoms with Gasteiger partial charge in [0, 0.05) is 24.2 Å². The summed E-state index contributed by atoms with van der Waals surface area (Å²) in [6.07, 6.45) is 7.71. The Bertz CT molecular complexity index is 314. The first-order valence-electron chi connectivity index (χ1n) is 9.09. The maximum atomic E-state index is 9.99. The van der Waals surface area contributed by atoms with E-state index in [1.54, 1.807) is 0 Å². The van der Waals surface area contributed by atoms with Crippen molar-refractivity contribution in [3.05, 3.63) is 0 Å². The average molecular weight is 296 g/mol. The number of nitrogens with zero attached hydrogens (tertiary/aromatic N) is 1. The number of aliphatic hydroxyl groups excluding tert-OH is 1. The number of hydrogen-bond acceptors (Lipinski definition) is 3. The molecule has 0 bridgehead atoms. The van der Waals surface area contributed by atoms with Crippen molar-refractivity contribution in [1.82, 2.24) is 10.2 Å². The van der Waals surface area contributed by atoms with Crippen molar-refractivity contribution < 1.29 is 5.11 Å². The van der Waals surface area contributed by atoms with E-state index in [9.17, 15) is 5.11 Å². The van der Waals surface area contributed by atoms with Crippen molar-refractivity contribution in [2.24, 2.45) is 11.8 Å². The molecule has 0 aromatic carbocycles. The van der Waals surface area contributed by atoms with E-state index in [4.69, 9.17) is 0 Å². The summed E-state index contributed by atoms with van der Waals surface area (Å²) in [6, 6.07) is 1.31. The van der Waals surface area contributed by atoms with Crippen LogP contribution in [-0.2, 0) is 0 Å². The molecule has 2 N–H and O–H groups in total. The zero-order chi connectivity index (χ0) is 15.5. The molecule has 21 heavy (non-hydrogen) atoms. The lowest BCUT2D eigenvalue weighted by Gasteiger charge is -2.38. The summed E-state index contributed by atoms with van der Waals surface area (Å²) in [7, 11) is 0. The van der Waals surface area contributed by atoms with Crippen molar-refractivity contribution in [2.75, 3.05) is 19.7 Å². The zero-order valence-electron chi connectivity index (χ0n) is 14.6. The first kappa shape index (κ1) is 17.2. The van der Waals surface area contributed by atoms with Crippen molar-refractivity contribution >= 4 is 0 Å². The monoisotopic (exact) mass is 296 g/mol. The fourth-order valence-electron chi connectivity index (χ4n) is 4.24. The first-order valence-corrected chi connectivity index (χ1v) is 9.09. The van der Waals surface area contributed by atoms with Crippen LogP contribution < -0.4 is 5.32 Å². The Labute approximate surface area is 131 Å². The van der Waals surface area contributed by atoms with Crippen molar-refractivity contribution in [3.8, 4) is 0 Å². The SMILES string of the molecule is CC(C)CN(CCC1CCCC1(CO)NC(C)C)C1CC1. The molecule has 3 heteroatoms. The third-order valence-corrected chi connectivity index (χ3v) is 5.24. The molecule has 0 radical (unpaired) electrons. The minimum Gasteiger partial charge on any atom is -0.394 e. The third kappa shape index (κ3) is 4.67. The minimum atomic E-state index is -0.0127. The van der Waals surface area contributed by atoms with E-state index in [1.807, 2.05) is 0 Å². The molecule has 2 saturated carbocycles. The van der Waals surface area contributed by atoms with Gasteiger partial charge in [0.1, 0.15) is 0 Å². The molecule has 2 rings (SSSR count). The van der Waals surface area contributed by atoms with Gasteiger partial charge in [-0.05, 0) is 50.5 Å². The molecule has 2 unspecified atom stereocenters. The fraction of sp³-hybridized carbons (Fsp3) is 1.00. The quantitative estimate of drug-likeness (QED) is 0.686. The van der Waals surface area contributed by atoms with Crippen LogP contribution in [0.25, 0.3) is 0 Å². The van der Waals surface area contributed by atoms with E-state index in [0.717, 1.165) is 18.4 Å². The Morgan fingerprint density at radius 3 is 2.43 bits per heavy atom. The van der Waals surface area contributed by atoms with Gasteiger partial charge in [-0.15, -0.1) is 0 Å². The molecule has 0 heterocycles. The van der Waals surface area contributed by atoms with E-state index in [0.29, 0.717) is 18.6 Å². The van der Waals surface area contributed by atoms with E-state index < -0.39 is 0 Å². The second-order valence-electron chi connectivity index (χ2n) is 8.11. The smallest absolute Gasteiger partial charge is 0.0616 e. The van der Waals surface area contributed by atoms with Gasteiger partial charge in [0.15, 0.2) is 0 Å². The van der Waals surface area contributed by atoms with Crippen molar-refractivity contribution in [2.45, 2.75) is 83.8 Å². The second kappa shape index (κ2) is 7.43. The summed E-state index contributed by atoms with van der Waals surface area (Å²) in [5, 5.41) is 13.7. The maximum absolute atomic E-state index is 9.99. The second-order valence-corrected chi connectivity index (χ2v) is 8.11. The van der Waals surface area contributed by atoms with Gasteiger partial charge in [0.05, 0.1) is 6.61 Å². The Morgan fingerprint density at radius 2 is 1.90 bits per heavy atom. The molecule has 0 saturated heterocycles. The van der Waals surface area contributed by atoms with Crippen LogP contribution in [0, 0.1) is 11.8 Å². The van der Waals surface area contributed by atoms with Crippen LogP contribution in [0.4, 0.5) is 0 Å². The predicted octanol–water partition coefficient (Wildman–Crippen LogP) is 3.03. The Morgan fingerprint density at radius 1 is 1.19 bits per heavy atom. The molecular formula is C18H36N2O. The van der Waals surface area contributed by atoms with Gasteiger partial charge in [0.2, 0.25) is 0 Å². The summed E-state index contributed by atoms with van der Waals surface area (Å²) < 4.78 is 0. The highest BCUT2D eigenvalue weighted by atomic mass is 16.3. The van der Waals surface area contributed by atoms with Crippen LogP contribution >= 0.6 is 0 Å². The zero-order valence-corrected chi connectivity index (χ0v) is 14.6. The first-order chi connectivity index (χ1) is 9.97. The van der Waals surface area contributed by atoms with Crippen LogP contribution in [0.1, 0.15) is 66.2 Å². The average Bonchev–Trinajstić information content (AvgIpc) is 3.17. The molecule has 2 aliphatic rings. The number of rotatable bonds is 9. The van der Waals surface area contributed by atoms with E-state index in [1.165, 1.54) is 45.2 Å². The number of nitrogens with one attached hydrogen (secondary N) is 1. The molecular weight excluding hydrogens is 260 g/mol. The molecule has 0 spiro atoms. The summed E-state index contributed by atoms with van der Waals surface area (Å²) in [5.74, 6) is 1.39. The largest absolute Gasteiger partial charge is 0.394 e. The highest BCUT2D eigenvalue weighted by molar-refractivity contribution is 5.00. The van der Waals surface area contributed by atoms with Crippen molar-refractivity contribution in [1.29, 1.82) is 0 Å². The molecule has 0 amide bonds. The lowest BCUT2D eigenvalue weighted by atomic mass is 9.84. The minimum absolute atomic E-state index is 0.0127. The molecule has 2 atom stereocenters. The van der Waals surface area contributed by atoms with Crippen LogP contribution in [-0.4, -0.2) is 47.3 Å². The predicted molar refractivity (Wildman–Crippen MR) is 89.5 cm³/mol. The number of hydrogen-bond donors (Lipinski definition) is 2. The molecule has 3 nitrogen and oxygen atoms in total. The Hall–Kier alpha value is -0.120. The lowest BCUT2D eigenvalue weighted by Crippen LogP contribution is -2.54. The van der Waals surface area contributed by atoms with Gasteiger partial charge in [-0.2, -0.15) is 0 Å². The normalized spacial score (nSPS) is 30.0. The summed E-state index contributed by atoms with van der Waals surface area (Å²) in [5.41, 5.74) is -0.0127. The standard InChI is InChI=1S/C18H36N2O/c1-14(2)12-20(17-7-8-17)11-9-16-6-5-10-18(16,13-21)19-15(3)4/h14-17,19,21H,5-13H2,1-4H3. The van der Waals surface area contributed by atoms with Gasteiger partial charge >= 0.3 is 0 Å². The molecule has 0 aromatic rings. The van der Waals surface area contributed by atoms with Gasteiger partial charge < -0.3 is 15.3 Å². The number of aliphatic hydroxyl groups is 1. The van der Waals surface area contributed by atoms with E-state index >= 15 is 0 Å². The van der Waals surface area contributed by atoms with Crippen molar-refractivity contribution in [3.63, 3.8) is 0 Å². The summed E-state index contributed by atoms with van der Waals surface area (Å²) >= 11 is 0. The van der Waals surface area contributed by atoms with Crippen LogP contribution in [0.2, 0.25) is 0 Å². The topological polar surface area (TPSA) is 35.5 Å². The van der Waals surface area contributed by atoms with Gasteiger partial charge in [-0.25, -0.2) is 0 Å². The van der Waals surface area contributed by atoms with Gasteiger partial charge in [0.25, 0.3) is 0 Å². The highest BCUT2D eigenvalue weighted by Crippen LogP contribution is 2.39. The summed E-state index contributed by atoms with van der Waals surface area (Å²) in [6.45, 7) is 11.8. The fourth-order valence-corrected chi connectivity index (χ4v) is 4.24. The summed E-state index contributed by atoms with van der Waals surface area (Å²) in [4.78, 5) is 2.71. The Kier molecular flexibility index (Phi) is 6.10. The molecule has 2 fully saturated rings. The Balaban J connectivity index is 1.90. The van der Waals surface area contributed by atoms with Crippen LogP contribution in [0.3, 0.4) is 0 Å².